The number of aromatic nitrogens is 1. The van der Waals surface area contributed by atoms with Gasteiger partial charge >= 0.3 is 0 Å². The minimum absolute atomic E-state index is 0.267. The lowest BCUT2D eigenvalue weighted by molar-refractivity contribution is -0.118. The SMILES string of the molecule is CC.CCC(=O)CCc1ccc(Oc2nc3ccccc3s2)c(OC)c1. The van der Waals surface area contributed by atoms with Crippen molar-refractivity contribution in [3.05, 3.63) is 48.0 Å². The predicted molar refractivity (Wildman–Crippen MR) is 108 cm³/mol. The van der Waals surface area contributed by atoms with Gasteiger partial charge in [0.2, 0.25) is 0 Å². The fourth-order valence-electron chi connectivity index (χ4n) is 2.40. The Labute approximate surface area is 158 Å². The number of benzene rings is 2. The third kappa shape index (κ3) is 5.05. The number of hydrogen-bond donors (Lipinski definition) is 0. The van der Waals surface area contributed by atoms with E-state index < -0.39 is 0 Å². The number of aryl methyl sites for hydroxylation is 1. The Morgan fingerprint density at radius 3 is 2.58 bits per heavy atom. The zero-order valence-electron chi connectivity index (χ0n) is 15.7. The maximum absolute atomic E-state index is 11.5. The molecule has 0 fully saturated rings. The van der Waals surface area contributed by atoms with Gasteiger partial charge in [0.25, 0.3) is 5.19 Å². The van der Waals surface area contributed by atoms with Crippen molar-refractivity contribution in [3.63, 3.8) is 0 Å². The summed E-state index contributed by atoms with van der Waals surface area (Å²) in [5, 5.41) is 0.586. The molecule has 3 rings (SSSR count). The minimum Gasteiger partial charge on any atom is -0.493 e. The maximum Gasteiger partial charge on any atom is 0.279 e. The van der Waals surface area contributed by atoms with Gasteiger partial charge in [-0.1, -0.05) is 50.3 Å². The quantitative estimate of drug-likeness (QED) is 0.508. The molecule has 3 aromatic rings. The van der Waals surface area contributed by atoms with Gasteiger partial charge in [0, 0.05) is 12.8 Å². The molecule has 0 saturated heterocycles. The number of fused-ring (bicyclic) bond motifs is 1. The highest BCUT2D eigenvalue weighted by Gasteiger charge is 2.11. The molecule has 0 saturated carbocycles. The maximum atomic E-state index is 11.5. The molecule has 0 spiro atoms. The first-order valence-electron chi connectivity index (χ1n) is 8.91. The molecule has 2 aromatic carbocycles. The molecule has 0 aliphatic rings. The van der Waals surface area contributed by atoms with Crippen LogP contribution in [0.1, 0.15) is 39.2 Å². The van der Waals surface area contributed by atoms with Crippen LogP contribution in [0.5, 0.6) is 16.7 Å². The first kappa shape index (κ1) is 19.9. The Morgan fingerprint density at radius 2 is 1.88 bits per heavy atom. The van der Waals surface area contributed by atoms with E-state index >= 15 is 0 Å². The Bertz CT molecular complexity index is 824. The number of Topliss-reactive ketones (excluding diaryl/α,β-unsaturated/α-hetero) is 1. The van der Waals surface area contributed by atoms with Gasteiger partial charge in [-0.25, -0.2) is 4.98 Å². The van der Waals surface area contributed by atoms with Crippen molar-refractivity contribution < 1.29 is 14.3 Å². The third-order valence-corrected chi connectivity index (χ3v) is 4.70. The van der Waals surface area contributed by atoms with Crippen molar-refractivity contribution >= 4 is 27.3 Å². The monoisotopic (exact) mass is 371 g/mol. The van der Waals surface area contributed by atoms with Gasteiger partial charge in [-0.15, -0.1) is 0 Å². The van der Waals surface area contributed by atoms with E-state index in [0.29, 0.717) is 36.0 Å². The molecule has 0 radical (unpaired) electrons. The lowest BCUT2D eigenvalue weighted by atomic mass is 10.1. The standard InChI is InChI=1S/C19H19NO3S.C2H6/c1-3-14(21)10-8-13-9-11-16(17(12-13)22-2)23-19-20-15-6-4-5-7-18(15)24-19;1-2/h4-7,9,11-12H,3,8,10H2,1-2H3;1-2H3. The van der Waals surface area contributed by atoms with Crippen molar-refractivity contribution in [2.75, 3.05) is 7.11 Å². The van der Waals surface area contributed by atoms with Gasteiger partial charge in [-0.2, -0.15) is 0 Å². The van der Waals surface area contributed by atoms with E-state index in [9.17, 15) is 4.79 Å². The molecule has 0 N–H and O–H groups in total. The van der Waals surface area contributed by atoms with Crippen LogP contribution in [0.15, 0.2) is 42.5 Å². The second-order valence-corrected chi connectivity index (χ2v) is 6.42. The average Bonchev–Trinajstić information content (AvgIpc) is 3.10. The van der Waals surface area contributed by atoms with Crippen molar-refractivity contribution in [1.82, 2.24) is 4.98 Å². The fraction of sp³-hybridized carbons (Fsp3) is 0.333. The summed E-state index contributed by atoms with van der Waals surface area (Å²) in [5.74, 6) is 1.54. The molecule has 0 atom stereocenters. The summed E-state index contributed by atoms with van der Waals surface area (Å²) in [4.78, 5) is 15.9. The first-order valence-corrected chi connectivity index (χ1v) is 9.73. The summed E-state index contributed by atoms with van der Waals surface area (Å²) in [6.07, 6.45) is 1.85. The summed E-state index contributed by atoms with van der Waals surface area (Å²) in [6, 6.07) is 13.7. The number of thiazole rings is 1. The van der Waals surface area contributed by atoms with Crippen LogP contribution in [0, 0.1) is 0 Å². The summed E-state index contributed by atoms with van der Waals surface area (Å²) in [5.41, 5.74) is 1.98. The van der Waals surface area contributed by atoms with Gasteiger partial charge in [-0.3, -0.25) is 4.79 Å². The minimum atomic E-state index is 0.267. The summed E-state index contributed by atoms with van der Waals surface area (Å²) >= 11 is 1.50. The van der Waals surface area contributed by atoms with Crippen molar-refractivity contribution in [1.29, 1.82) is 0 Å². The van der Waals surface area contributed by atoms with Crippen molar-refractivity contribution in [2.24, 2.45) is 0 Å². The van der Waals surface area contributed by atoms with Crippen molar-refractivity contribution in [3.8, 4) is 16.7 Å². The van der Waals surface area contributed by atoms with Crippen LogP contribution in [0.25, 0.3) is 10.2 Å². The number of methoxy groups -OCH3 is 1. The Balaban J connectivity index is 0.00000117. The van der Waals surface area contributed by atoms with Gasteiger partial charge in [-0.05, 0) is 36.2 Å². The molecule has 4 nitrogen and oxygen atoms in total. The van der Waals surface area contributed by atoms with Gasteiger partial charge < -0.3 is 9.47 Å². The van der Waals surface area contributed by atoms with Crippen LogP contribution in [-0.4, -0.2) is 17.9 Å². The van der Waals surface area contributed by atoms with E-state index in [4.69, 9.17) is 9.47 Å². The lowest BCUT2D eigenvalue weighted by Crippen LogP contribution is -1.98. The highest BCUT2D eigenvalue weighted by atomic mass is 32.1. The molecule has 26 heavy (non-hydrogen) atoms. The summed E-state index contributed by atoms with van der Waals surface area (Å²) in [6.45, 7) is 5.89. The number of carbonyl (C=O) groups excluding carboxylic acids is 1. The lowest BCUT2D eigenvalue weighted by Gasteiger charge is -2.10. The summed E-state index contributed by atoms with van der Waals surface area (Å²) < 4.78 is 12.4. The molecule has 0 amide bonds. The molecule has 0 aliphatic heterocycles. The molecular weight excluding hydrogens is 346 g/mol. The van der Waals surface area contributed by atoms with Crippen LogP contribution >= 0.6 is 11.3 Å². The smallest absolute Gasteiger partial charge is 0.279 e. The van der Waals surface area contributed by atoms with E-state index in [1.165, 1.54) is 11.3 Å². The van der Waals surface area contributed by atoms with Crippen LogP contribution in [0.3, 0.4) is 0 Å². The van der Waals surface area contributed by atoms with Crippen LogP contribution < -0.4 is 9.47 Å². The molecule has 5 heteroatoms. The summed E-state index contributed by atoms with van der Waals surface area (Å²) in [7, 11) is 1.61. The van der Waals surface area contributed by atoms with E-state index in [2.05, 4.69) is 4.98 Å². The molecule has 138 valence electrons. The number of carbonyl (C=O) groups is 1. The van der Waals surface area contributed by atoms with E-state index in [1.54, 1.807) is 7.11 Å². The van der Waals surface area contributed by atoms with Gasteiger partial charge in [0.05, 0.1) is 17.3 Å². The van der Waals surface area contributed by atoms with Gasteiger partial charge in [0.1, 0.15) is 5.78 Å². The second kappa shape index (κ2) is 9.92. The van der Waals surface area contributed by atoms with Crippen LogP contribution in [0.2, 0.25) is 0 Å². The van der Waals surface area contributed by atoms with Crippen molar-refractivity contribution in [2.45, 2.75) is 40.0 Å². The number of rotatable bonds is 7. The number of ketones is 1. The molecule has 0 unspecified atom stereocenters. The molecular formula is C21H25NO3S. The normalized spacial score (nSPS) is 10.2. The van der Waals surface area contributed by atoms with E-state index in [-0.39, 0.29) is 5.78 Å². The topological polar surface area (TPSA) is 48.4 Å². The largest absolute Gasteiger partial charge is 0.493 e. The van der Waals surface area contributed by atoms with Crippen LogP contribution in [0.4, 0.5) is 0 Å². The number of para-hydroxylation sites is 1. The van der Waals surface area contributed by atoms with Crippen LogP contribution in [-0.2, 0) is 11.2 Å². The average molecular weight is 372 g/mol. The fourth-order valence-corrected chi connectivity index (χ4v) is 3.23. The van der Waals surface area contributed by atoms with Gasteiger partial charge in [0.15, 0.2) is 11.5 Å². The molecule has 1 heterocycles. The Morgan fingerprint density at radius 1 is 1.12 bits per heavy atom. The molecule has 1 aromatic heterocycles. The zero-order chi connectivity index (χ0) is 18.9. The predicted octanol–water partition coefficient (Wildman–Crippen LogP) is 6.04. The van der Waals surface area contributed by atoms with E-state index in [1.807, 2.05) is 63.2 Å². The molecule has 0 bridgehead atoms. The number of ether oxygens (including phenoxy) is 2. The third-order valence-electron chi connectivity index (χ3n) is 3.79. The number of nitrogens with zero attached hydrogens (tertiary/aromatic N) is 1. The molecule has 0 aliphatic carbocycles. The Kier molecular flexibility index (Phi) is 7.60. The number of hydrogen-bond acceptors (Lipinski definition) is 5. The first-order chi connectivity index (χ1) is 12.7. The second-order valence-electron chi connectivity index (χ2n) is 5.43. The Hall–Kier alpha value is -2.40. The van der Waals surface area contributed by atoms with E-state index in [0.717, 1.165) is 15.8 Å². The highest BCUT2D eigenvalue weighted by molar-refractivity contribution is 7.20. The highest BCUT2D eigenvalue weighted by Crippen LogP contribution is 2.36. The zero-order valence-corrected chi connectivity index (χ0v) is 16.6.